The van der Waals surface area contributed by atoms with Crippen molar-refractivity contribution in [3.05, 3.63) is 28.5 Å². The highest BCUT2D eigenvalue weighted by atomic mass is 16.6. The molecule has 0 aliphatic carbocycles. The summed E-state index contributed by atoms with van der Waals surface area (Å²) in [5.74, 6) is -0.789. The number of non-ortho nitro benzene ring substituents is 1. The van der Waals surface area contributed by atoms with Gasteiger partial charge in [0.15, 0.2) is 0 Å². The van der Waals surface area contributed by atoms with Crippen LogP contribution in [0.5, 0.6) is 0 Å². The number of nitrogens with one attached hydrogen (secondary N) is 1. The van der Waals surface area contributed by atoms with Gasteiger partial charge in [-0.3, -0.25) is 14.9 Å². The Hall–Kier alpha value is -2.64. The molecular weight excluding hydrogens is 278 g/mol. The Bertz CT molecular complexity index is 652. The fourth-order valence-corrected chi connectivity index (χ4v) is 2.05. The highest BCUT2D eigenvalue weighted by Crippen LogP contribution is 2.30. The number of hydrogen-bond acceptors (Lipinski definition) is 6. The fourth-order valence-electron chi connectivity index (χ4n) is 2.05. The lowest BCUT2D eigenvalue weighted by Gasteiger charge is -2.06. The van der Waals surface area contributed by atoms with Crippen molar-refractivity contribution in [3.63, 3.8) is 0 Å². The third-order valence-corrected chi connectivity index (χ3v) is 3.09. The quantitative estimate of drug-likeness (QED) is 0.436. The number of nitrogens with zero attached hydrogens (tertiary/aromatic N) is 2. The average molecular weight is 293 g/mol. The van der Waals surface area contributed by atoms with Crippen LogP contribution in [-0.2, 0) is 4.79 Å². The SMILES string of the molecule is O=C(O)CCCCCNc1ccc([N+](=O)[O-])c2conc12. The fraction of sp³-hybridized carbons (Fsp3) is 0.385. The van der Waals surface area contributed by atoms with E-state index in [9.17, 15) is 14.9 Å². The molecule has 2 N–H and O–H groups in total. The average Bonchev–Trinajstić information content (AvgIpc) is 2.91. The van der Waals surface area contributed by atoms with Gasteiger partial charge in [0.05, 0.1) is 10.6 Å². The number of anilines is 1. The van der Waals surface area contributed by atoms with Crippen molar-refractivity contribution in [2.75, 3.05) is 11.9 Å². The van der Waals surface area contributed by atoms with E-state index >= 15 is 0 Å². The van der Waals surface area contributed by atoms with Crippen LogP contribution in [0.15, 0.2) is 22.9 Å². The molecule has 0 atom stereocenters. The minimum absolute atomic E-state index is 0.0433. The molecule has 21 heavy (non-hydrogen) atoms. The molecule has 0 saturated carbocycles. The highest BCUT2D eigenvalue weighted by molar-refractivity contribution is 5.96. The molecule has 0 aliphatic heterocycles. The lowest BCUT2D eigenvalue weighted by Crippen LogP contribution is -2.03. The summed E-state index contributed by atoms with van der Waals surface area (Å²) in [6, 6.07) is 3.01. The van der Waals surface area contributed by atoms with Gasteiger partial charge in [0.2, 0.25) is 0 Å². The van der Waals surface area contributed by atoms with Gasteiger partial charge in [0.1, 0.15) is 17.2 Å². The second kappa shape index (κ2) is 6.69. The zero-order chi connectivity index (χ0) is 15.2. The smallest absolute Gasteiger partial charge is 0.303 e. The first-order valence-corrected chi connectivity index (χ1v) is 6.56. The Morgan fingerprint density at radius 2 is 2.19 bits per heavy atom. The van der Waals surface area contributed by atoms with Gasteiger partial charge >= 0.3 is 5.97 Å². The van der Waals surface area contributed by atoms with Crippen LogP contribution in [0.4, 0.5) is 11.4 Å². The molecule has 0 saturated heterocycles. The van der Waals surface area contributed by atoms with Crippen LogP contribution in [-0.4, -0.2) is 27.7 Å². The number of benzene rings is 1. The maximum atomic E-state index is 10.9. The van der Waals surface area contributed by atoms with Crippen LogP contribution < -0.4 is 5.32 Å². The van der Waals surface area contributed by atoms with E-state index in [4.69, 9.17) is 9.63 Å². The van der Waals surface area contributed by atoms with Crippen LogP contribution in [0.2, 0.25) is 0 Å². The van der Waals surface area contributed by atoms with E-state index in [1.54, 1.807) is 6.07 Å². The van der Waals surface area contributed by atoms with E-state index in [1.165, 1.54) is 12.3 Å². The summed E-state index contributed by atoms with van der Waals surface area (Å²) in [6.45, 7) is 0.638. The number of carboxylic acids is 1. The van der Waals surface area contributed by atoms with E-state index < -0.39 is 10.9 Å². The number of fused-ring (bicyclic) bond motifs is 1. The Morgan fingerprint density at radius 1 is 1.38 bits per heavy atom. The molecule has 0 aliphatic rings. The van der Waals surface area contributed by atoms with Crippen molar-refractivity contribution < 1.29 is 19.3 Å². The molecule has 2 rings (SSSR count). The largest absolute Gasteiger partial charge is 0.481 e. The number of nitro benzene ring substituents is 1. The van der Waals surface area contributed by atoms with E-state index in [0.29, 0.717) is 29.6 Å². The van der Waals surface area contributed by atoms with E-state index in [0.717, 1.165) is 12.8 Å². The summed E-state index contributed by atoms with van der Waals surface area (Å²) in [5, 5.41) is 26.7. The van der Waals surface area contributed by atoms with Crippen LogP contribution >= 0.6 is 0 Å². The van der Waals surface area contributed by atoms with Gasteiger partial charge in [-0.25, -0.2) is 0 Å². The molecule has 8 heteroatoms. The molecular formula is C13H15N3O5. The molecule has 8 nitrogen and oxygen atoms in total. The predicted molar refractivity (Wildman–Crippen MR) is 75.3 cm³/mol. The number of nitro groups is 1. The maximum absolute atomic E-state index is 10.9. The Kier molecular flexibility index (Phi) is 4.70. The number of hydrogen-bond donors (Lipinski definition) is 2. The summed E-state index contributed by atoms with van der Waals surface area (Å²) in [7, 11) is 0. The molecule has 0 fully saturated rings. The number of carbonyl (C=O) groups is 1. The number of aliphatic carboxylic acids is 1. The third kappa shape index (κ3) is 3.68. The third-order valence-electron chi connectivity index (χ3n) is 3.09. The van der Waals surface area contributed by atoms with Crippen molar-refractivity contribution in [2.24, 2.45) is 0 Å². The number of rotatable bonds is 8. The first kappa shape index (κ1) is 14.8. The minimum Gasteiger partial charge on any atom is -0.481 e. The Labute approximate surface area is 119 Å². The maximum Gasteiger partial charge on any atom is 0.303 e. The van der Waals surface area contributed by atoms with E-state index in [2.05, 4.69) is 10.5 Å². The molecule has 1 heterocycles. The molecule has 0 radical (unpaired) electrons. The molecule has 0 spiro atoms. The van der Waals surface area contributed by atoms with Crippen LogP contribution in [0.1, 0.15) is 25.7 Å². The lowest BCUT2D eigenvalue weighted by molar-refractivity contribution is -0.383. The van der Waals surface area contributed by atoms with Gasteiger partial charge in [-0.2, -0.15) is 0 Å². The second-order valence-corrected chi connectivity index (χ2v) is 4.60. The highest BCUT2D eigenvalue weighted by Gasteiger charge is 2.17. The van der Waals surface area contributed by atoms with Crippen molar-refractivity contribution in [3.8, 4) is 0 Å². The monoisotopic (exact) mass is 293 g/mol. The van der Waals surface area contributed by atoms with Crippen molar-refractivity contribution in [1.29, 1.82) is 0 Å². The molecule has 0 amide bonds. The van der Waals surface area contributed by atoms with E-state index in [-0.39, 0.29) is 12.1 Å². The summed E-state index contributed by atoms with van der Waals surface area (Å²) >= 11 is 0. The summed E-state index contributed by atoms with van der Waals surface area (Å²) in [5.41, 5.74) is 1.05. The topological polar surface area (TPSA) is 118 Å². The van der Waals surface area contributed by atoms with Gasteiger partial charge in [0.25, 0.3) is 5.69 Å². The zero-order valence-electron chi connectivity index (χ0n) is 11.2. The molecule has 1 aromatic heterocycles. The predicted octanol–water partition coefficient (Wildman–Crippen LogP) is 2.79. The Morgan fingerprint density at radius 3 is 2.90 bits per heavy atom. The number of carboxylic acid groups (broad SMARTS) is 1. The molecule has 0 unspecified atom stereocenters. The minimum atomic E-state index is -0.789. The van der Waals surface area contributed by atoms with Gasteiger partial charge in [-0.15, -0.1) is 0 Å². The summed E-state index contributed by atoms with van der Waals surface area (Å²) < 4.78 is 4.81. The standard InChI is InChI=1S/C13H15N3O5/c17-12(18)4-2-1-3-7-14-10-5-6-11(16(19)20)9-8-21-15-13(9)10/h5-6,8,14H,1-4,7H2,(H,17,18). The van der Waals surface area contributed by atoms with Crippen LogP contribution in [0.3, 0.4) is 0 Å². The number of aromatic nitrogens is 1. The summed E-state index contributed by atoms with van der Waals surface area (Å²) in [4.78, 5) is 20.8. The lowest BCUT2D eigenvalue weighted by atomic mass is 10.1. The van der Waals surface area contributed by atoms with Gasteiger partial charge in [0, 0.05) is 19.0 Å². The van der Waals surface area contributed by atoms with Crippen LogP contribution in [0.25, 0.3) is 10.9 Å². The van der Waals surface area contributed by atoms with Crippen molar-refractivity contribution in [2.45, 2.75) is 25.7 Å². The number of unbranched alkanes of at least 4 members (excludes halogenated alkanes) is 2. The first-order valence-electron chi connectivity index (χ1n) is 6.56. The van der Waals surface area contributed by atoms with Crippen molar-refractivity contribution >= 4 is 28.2 Å². The first-order chi connectivity index (χ1) is 10.1. The summed E-state index contributed by atoms with van der Waals surface area (Å²) in [6.07, 6.45) is 3.67. The van der Waals surface area contributed by atoms with E-state index in [1.807, 2.05) is 0 Å². The Balaban J connectivity index is 1.94. The van der Waals surface area contributed by atoms with Gasteiger partial charge in [-0.1, -0.05) is 11.6 Å². The molecule has 1 aromatic carbocycles. The van der Waals surface area contributed by atoms with Gasteiger partial charge in [-0.05, 0) is 18.9 Å². The normalized spacial score (nSPS) is 10.7. The molecule has 2 aromatic rings. The van der Waals surface area contributed by atoms with Crippen molar-refractivity contribution in [1.82, 2.24) is 5.16 Å². The second-order valence-electron chi connectivity index (χ2n) is 4.60. The molecule has 112 valence electrons. The molecule has 0 bridgehead atoms. The van der Waals surface area contributed by atoms with Crippen LogP contribution in [0, 0.1) is 10.1 Å². The zero-order valence-corrected chi connectivity index (χ0v) is 11.2. The van der Waals surface area contributed by atoms with Gasteiger partial charge < -0.3 is 14.9 Å².